The first-order valence-corrected chi connectivity index (χ1v) is 10.5. The van der Waals surface area contributed by atoms with Crippen LogP contribution in [0.4, 0.5) is 0 Å². The fourth-order valence-corrected chi connectivity index (χ4v) is 6.04. The second-order valence-corrected chi connectivity index (χ2v) is 9.49. The van der Waals surface area contributed by atoms with Crippen LogP contribution in [0.1, 0.15) is 62.4 Å². The molecule has 0 fully saturated rings. The number of nitrogens with two attached hydrogens (primary N) is 1. The Kier molecular flexibility index (Phi) is 3.63. The van der Waals surface area contributed by atoms with Crippen molar-refractivity contribution in [3.63, 3.8) is 0 Å². The van der Waals surface area contributed by atoms with E-state index in [0.29, 0.717) is 36.1 Å². The highest BCUT2D eigenvalue weighted by Crippen LogP contribution is 2.72. The minimum absolute atomic E-state index is 0.0500. The van der Waals surface area contributed by atoms with Crippen LogP contribution >= 0.6 is 0 Å². The molecule has 0 amide bonds. The molecule has 2 aliphatic carbocycles. The molecule has 0 saturated carbocycles. The lowest BCUT2D eigenvalue weighted by molar-refractivity contribution is -0.127. The Bertz CT molecular complexity index is 1120. The molecule has 0 unspecified atom stereocenters. The molecule has 1 aromatic rings. The van der Waals surface area contributed by atoms with Crippen LogP contribution in [0.3, 0.4) is 0 Å². The number of ketones is 2. The van der Waals surface area contributed by atoms with Gasteiger partial charge in [0.1, 0.15) is 11.6 Å². The largest absolute Gasteiger partial charge is 0.446 e. The molecule has 30 heavy (non-hydrogen) atoms. The second-order valence-electron chi connectivity index (χ2n) is 9.49. The third kappa shape index (κ3) is 1.85. The van der Waals surface area contributed by atoms with E-state index in [-0.39, 0.29) is 28.4 Å². The average Bonchev–Trinajstić information content (AvgIpc) is 3.16. The van der Waals surface area contributed by atoms with E-state index in [1.807, 2.05) is 12.1 Å². The molecule has 154 valence electrons. The lowest BCUT2D eigenvalue weighted by Crippen LogP contribution is -2.52. The van der Waals surface area contributed by atoms with E-state index >= 15 is 0 Å². The summed E-state index contributed by atoms with van der Waals surface area (Å²) >= 11 is 0. The van der Waals surface area contributed by atoms with Gasteiger partial charge in [0.15, 0.2) is 17.0 Å². The normalized spacial score (nSPS) is 30.7. The number of fused-ring (bicyclic) bond motifs is 1. The Morgan fingerprint density at radius 1 is 1.23 bits per heavy atom. The van der Waals surface area contributed by atoms with E-state index in [1.165, 1.54) is 0 Å². The highest BCUT2D eigenvalue weighted by molar-refractivity contribution is 6.19. The van der Waals surface area contributed by atoms with Gasteiger partial charge in [-0.2, -0.15) is 5.26 Å². The molecule has 0 spiro atoms. The third-order valence-electron chi connectivity index (χ3n) is 7.05. The van der Waals surface area contributed by atoms with Gasteiger partial charge >= 0.3 is 0 Å². The summed E-state index contributed by atoms with van der Waals surface area (Å²) in [5, 5.41) is 10.1. The first-order chi connectivity index (χ1) is 14.3. The Labute approximate surface area is 176 Å². The first kappa shape index (κ1) is 18.9. The number of nitrogens with zero attached hydrogens (tertiary/aromatic N) is 2. The standard InChI is InChI=1S/C24H25N3O3/c1-4-5-10-27-17-11-22(2,3)12-18(28)19(17)23-16(13-25)21(26)30-24(23,27)15-9-7-6-8-14(15)20(23)29/h6-9H,4-5,10-12,26H2,1-3H3/t23-,24-/m0/s1. The van der Waals surface area contributed by atoms with Gasteiger partial charge in [-0.1, -0.05) is 51.5 Å². The maximum absolute atomic E-state index is 14.0. The summed E-state index contributed by atoms with van der Waals surface area (Å²) < 4.78 is 6.35. The Morgan fingerprint density at radius 2 is 1.97 bits per heavy atom. The van der Waals surface area contributed by atoms with E-state index in [1.54, 1.807) is 12.1 Å². The van der Waals surface area contributed by atoms with Crippen molar-refractivity contribution >= 4 is 11.6 Å². The molecule has 2 N–H and O–H groups in total. The zero-order valence-electron chi connectivity index (χ0n) is 17.5. The van der Waals surface area contributed by atoms with Crippen molar-refractivity contribution in [2.45, 2.75) is 52.2 Å². The van der Waals surface area contributed by atoms with Gasteiger partial charge in [-0.15, -0.1) is 0 Å². The van der Waals surface area contributed by atoms with Gasteiger partial charge in [-0.05, 0) is 18.3 Å². The minimum atomic E-state index is -1.51. The van der Waals surface area contributed by atoms with Gasteiger partial charge in [-0.25, -0.2) is 0 Å². The number of ether oxygens (including phenoxy) is 1. The molecule has 5 rings (SSSR count). The number of carbonyl (C=O) groups excluding carboxylic acids is 2. The number of hydrogen-bond acceptors (Lipinski definition) is 6. The predicted molar refractivity (Wildman–Crippen MR) is 109 cm³/mol. The summed E-state index contributed by atoms with van der Waals surface area (Å²) in [6.07, 6.45) is 2.79. The number of nitriles is 1. The van der Waals surface area contributed by atoms with Crippen LogP contribution < -0.4 is 5.73 Å². The van der Waals surface area contributed by atoms with Gasteiger partial charge in [0.25, 0.3) is 0 Å². The average molecular weight is 403 g/mol. The van der Waals surface area contributed by atoms with Crippen molar-refractivity contribution in [1.82, 2.24) is 4.90 Å². The summed E-state index contributed by atoms with van der Waals surface area (Å²) in [5.74, 6) is -0.391. The molecule has 1 aromatic carbocycles. The summed E-state index contributed by atoms with van der Waals surface area (Å²) in [5.41, 5.74) is 5.72. The van der Waals surface area contributed by atoms with Crippen molar-refractivity contribution in [2.24, 2.45) is 16.6 Å². The molecule has 0 radical (unpaired) electrons. The summed E-state index contributed by atoms with van der Waals surface area (Å²) in [6.45, 7) is 6.85. The Morgan fingerprint density at radius 3 is 2.67 bits per heavy atom. The van der Waals surface area contributed by atoms with E-state index in [2.05, 4.69) is 31.7 Å². The smallest absolute Gasteiger partial charge is 0.234 e. The molecule has 0 saturated heterocycles. The topological polar surface area (TPSA) is 96.4 Å². The lowest BCUT2D eigenvalue weighted by atomic mass is 9.64. The first-order valence-electron chi connectivity index (χ1n) is 10.5. The van der Waals surface area contributed by atoms with Crippen LogP contribution in [0.15, 0.2) is 47.0 Å². The number of unbranched alkanes of at least 4 members (excludes halogenated alkanes) is 1. The van der Waals surface area contributed by atoms with Crippen LogP contribution in [-0.4, -0.2) is 23.0 Å². The van der Waals surface area contributed by atoms with E-state index in [9.17, 15) is 14.9 Å². The van der Waals surface area contributed by atoms with Crippen molar-refractivity contribution in [3.8, 4) is 6.07 Å². The van der Waals surface area contributed by atoms with Crippen molar-refractivity contribution in [1.29, 1.82) is 5.26 Å². The van der Waals surface area contributed by atoms with Crippen molar-refractivity contribution in [2.75, 3.05) is 6.54 Å². The quantitative estimate of drug-likeness (QED) is 0.830. The fourth-order valence-electron chi connectivity index (χ4n) is 6.04. The fraction of sp³-hybridized carbons (Fsp3) is 0.458. The monoisotopic (exact) mass is 403 g/mol. The van der Waals surface area contributed by atoms with Gasteiger partial charge in [0.2, 0.25) is 11.6 Å². The summed E-state index contributed by atoms with van der Waals surface area (Å²) in [4.78, 5) is 29.7. The molecule has 4 aliphatic rings. The number of hydrogen-bond donors (Lipinski definition) is 1. The molecule has 6 nitrogen and oxygen atoms in total. The van der Waals surface area contributed by atoms with Crippen LogP contribution in [-0.2, 0) is 15.3 Å². The molecule has 2 heterocycles. The Balaban J connectivity index is 1.90. The number of Topliss-reactive ketones (excluding diaryl/α,β-unsaturated/α-hetero) is 2. The summed E-state index contributed by atoms with van der Waals surface area (Å²) in [7, 11) is 0. The number of carbonyl (C=O) groups is 2. The van der Waals surface area contributed by atoms with E-state index < -0.39 is 11.1 Å². The lowest BCUT2D eigenvalue weighted by Gasteiger charge is -2.42. The molecular weight excluding hydrogens is 378 g/mol. The Hall–Kier alpha value is -3.07. The molecule has 2 aliphatic heterocycles. The van der Waals surface area contributed by atoms with Gasteiger partial charge in [-0.3, -0.25) is 9.59 Å². The van der Waals surface area contributed by atoms with Crippen LogP contribution in [0.5, 0.6) is 0 Å². The molecule has 2 atom stereocenters. The zero-order valence-corrected chi connectivity index (χ0v) is 17.5. The highest BCUT2D eigenvalue weighted by atomic mass is 16.5. The highest BCUT2D eigenvalue weighted by Gasteiger charge is 2.80. The third-order valence-corrected chi connectivity index (χ3v) is 7.05. The minimum Gasteiger partial charge on any atom is -0.446 e. The number of benzene rings is 1. The van der Waals surface area contributed by atoms with Crippen molar-refractivity contribution in [3.05, 3.63) is 58.1 Å². The summed E-state index contributed by atoms with van der Waals surface area (Å²) in [6, 6.07) is 9.45. The van der Waals surface area contributed by atoms with Crippen LogP contribution in [0, 0.1) is 22.2 Å². The van der Waals surface area contributed by atoms with Gasteiger partial charge in [0, 0.05) is 35.4 Å². The maximum Gasteiger partial charge on any atom is 0.234 e. The molecular formula is C24H25N3O3. The predicted octanol–water partition coefficient (Wildman–Crippen LogP) is 3.51. The molecule has 0 aromatic heterocycles. The van der Waals surface area contributed by atoms with Crippen LogP contribution in [0.25, 0.3) is 0 Å². The van der Waals surface area contributed by atoms with E-state index in [4.69, 9.17) is 10.5 Å². The zero-order chi connectivity index (χ0) is 21.5. The number of allylic oxidation sites excluding steroid dienone is 1. The maximum atomic E-state index is 14.0. The van der Waals surface area contributed by atoms with Gasteiger partial charge < -0.3 is 15.4 Å². The van der Waals surface area contributed by atoms with Gasteiger partial charge in [0.05, 0.1) is 0 Å². The van der Waals surface area contributed by atoms with Crippen molar-refractivity contribution < 1.29 is 14.3 Å². The SMILES string of the molecule is CCCCN1C2=C(C(=O)CC(C)(C)C2)[C@@]23C(=O)c4ccccc4[C@@]12OC(N)=C3C#N. The number of rotatable bonds is 3. The second kappa shape index (κ2) is 5.75. The molecule has 6 heteroatoms. The molecule has 0 bridgehead atoms. The van der Waals surface area contributed by atoms with Crippen LogP contribution in [0.2, 0.25) is 0 Å². The van der Waals surface area contributed by atoms with E-state index in [0.717, 1.165) is 18.5 Å².